The number of amides is 1. The van der Waals surface area contributed by atoms with Crippen LogP contribution in [0.4, 0.5) is 10.6 Å². The summed E-state index contributed by atoms with van der Waals surface area (Å²) < 4.78 is 12.0. The largest absolute Gasteiger partial charge is 0.444 e. The first-order valence-corrected chi connectivity index (χ1v) is 9.62. The fourth-order valence-electron chi connectivity index (χ4n) is 3.71. The Morgan fingerprint density at radius 1 is 1.35 bits per heavy atom. The minimum Gasteiger partial charge on any atom is -0.444 e. The van der Waals surface area contributed by atoms with Crippen molar-refractivity contribution < 1.29 is 14.3 Å². The van der Waals surface area contributed by atoms with E-state index < -0.39 is 5.60 Å². The van der Waals surface area contributed by atoms with Crippen molar-refractivity contribution in [3.63, 3.8) is 0 Å². The van der Waals surface area contributed by atoms with Crippen molar-refractivity contribution in [3.05, 3.63) is 24.4 Å². The van der Waals surface area contributed by atoms with E-state index in [0.717, 1.165) is 38.2 Å². The van der Waals surface area contributed by atoms with Gasteiger partial charge in [0.05, 0.1) is 11.7 Å². The van der Waals surface area contributed by atoms with Gasteiger partial charge in [-0.25, -0.2) is 9.78 Å². The molecule has 6 heteroatoms. The molecule has 1 atom stereocenters. The summed E-state index contributed by atoms with van der Waals surface area (Å²) in [7, 11) is 0. The van der Waals surface area contributed by atoms with Gasteiger partial charge < -0.3 is 19.3 Å². The number of carbonyl (C=O) groups is 1. The van der Waals surface area contributed by atoms with Gasteiger partial charge in [-0.2, -0.15) is 0 Å². The molecular formula is C20H31N3O3. The Hall–Kier alpha value is -1.82. The second kappa shape index (κ2) is 7.43. The van der Waals surface area contributed by atoms with Crippen LogP contribution in [0.5, 0.6) is 0 Å². The van der Waals surface area contributed by atoms with Crippen molar-refractivity contribution in [1.82, 2.24) is 9.88 Å². The van der Waals surface area contributed by atoms with E-state index >= 15 is 0 Å². The molecule has 1 aromatic rings. The van der Waals surface area contributed by atoms with Gasteiger partial charge in [0.2, 0.25) is 0 Å². The molecule has 0 aliphatic carbocycles. The topological polar surface area (TPSA) is 54.9 Å². The van der Waals surface area contributed by atoms with Crippen LogP contribution >= 0.6 is 0 Å². The normalized spacial score (nSPS) is 23.2. The molecule has 144 valence electrons. The summed E-state index contributed by atoms with van der Waals surface area (Å²) >= 11 is 0. The Morgan fingerprint density at radius 3 is 2.65 bits per heavy atom. The van der Waals surface area contributed by atoms with Crippen LogP contribution in [0.15, 0.2) is 24.4 Å². The molecule has 2 aliphatic rings. The molecule has 26 heavy (non-hydrogen) atoms. The number of likely N-dealkylation sites (tertiary alicyclic amines) is 1. The van der Waals surface area contributed by atoms with Gasteiger partial charge in [-0.3, -0.25) is 0 Å². The number of carbonyl (C=O) groups excluding carboxylic acids is 1. The minimum absolute atomic E-state index is 0.193. The quantitative estimate of drug-likeness (QED) is 0.807. The van der Waals surface area contributed by atoms with Crippen molar-refractivity contribution in [2.24, 2.45) is 0 Å². The highest BCUT2D eigenvalue weighted by molar-refractivity contribution is 5.68. The lowest BCUT2D eigenvalue weighted by molar-refractivity contribution is -0.132. The molecule has 0 unspecified atom stereocenters. The monoisotopic (exact) mass is 361 g/mol. The van der Waals surface area contributed by atoms with E-state index in [4.69, 9.17) is 9.47 Å². The van der Waals surface area contributed by atoms with Gasteiger partial charge in [-0.05, 0) is 52.2 Å². The minimum atomic E-state index is -0.462. The van der Waals surface area contributed by atoms with E-state index in [2.05, 4.69) is 22.9 Å². The van der Waals surface area contributed by atoms with E-state index in [1.54, 1.807) is 4.90 Å². The lowest BCUT2D eigenvalue weighted by Gasteiger charge is -2.50. The maximum Gasteiger partial charge on any atom is 0.410 e. The number of nitrogens with zero attached hydrogens (tertiary/aromatic N) is 3. The van der Waals surface area contributed by atoms with Crippen LogP contribution in [0, 0.1) is 0 Å². The van der Waals surface area contributed by atoms with E-state index in [1.807, 2.05) is 39.1 Å². The lowest BCUT2D eigenvalue weighted by Crippen LogP contribution is -2.60. The van der Waals surface area contributed by atoms with Crippen LogP contribution < -0.4 is 4.90 Å². The number of ether oxygens (including phenoxy) is 2. The Kier molecular flexibility index (Phi) is 5.42. The number of rotatable bonds is 2. The smallest absolute Gasteiger partial charge is 0.410 e. The third-order valence-corrected chi connectivity index (χ3v) is 5.07. The summed E-state index contributed by atoms with van der Waals surface area (Å²) in [5.41, 5.74) is -0.675. The van der Waals surface area contributed by atoms with Gasteiger partial charge in [-0.1, -0.05) is 13.0 Å². The van der Waals surface area contributed by atoms with E-state index in [0.29, 0.717) is 13.1 Å². The molecule has 0 N–H and O–H groups in total. The standard InChI is InChI=1S/C20H31N3O3/c1-5-16-14-23(17-8-6-7-11-21-17)15-20(25-16)9-12-22(13-10-20)18(24)26-19(2,3)4/h6-8,11,16H,5,9-10,12-15H2,1-4H3/t16-/m1/s1. The third-order valence-electron chi connectivity index (χ3n) is 5.07. The summed E-state index contributed by atoms with van der Waals surface area (Å²) in [5, 5.41) is 0. The Morgan fingerprint density at radius 2 is 2.08 bits per heavy atom. The maximum atomic E-state index is 12.3. The molecule has 2 fully saturated rings. The van der Waals surface area contributed by atoms with Crippen molar-refractivity contribution in [1.29, 1.82) is 0 Å². The van der Waals surface area contributed by atoms with Gasteiger partial charge in [-0.15, -0.1) is 0 Å². The lowest BCUT2D eigenvalue weighted by atomic mass is 9.88. The fraction of sp³-hybridized carbons (Fsp3) is 0.700. The van der Waals surface area contributed by atoms with Gasteiger partial charge in [0, 0.05) is 32.4 Å². The third kappa shape index (κ3) is 4.47. The molecular weight excluding hydrogens is 330 g/mol. The van der Waals surface area contributed by atoms with E-state index in [1.165, 1.54) is 0 Å². The molecule has 0 radical (unpaired) electrons. The van der Waals surface area contributed by atoms with Gasteiger partial charge >= 0.3 is 6.09 Å². The fourth-order valence-corrected chi connectivity index (χ4v) is 3.71. The van der Waals surface area contributed by atoms with Gasteiger partial charge in [0.15, 0.2) is 0 Å². The summed E-state index contributed by atoms with van der Waals surface area (Å²) in [5.74, 6) is 1.00. The van der Waals surface area contributed by atoms with Crippen LogP contribution in [0.1, 0.15) is 47.0 Å². The Labute approximate surface area is 156 Å². The van der Waals surface area contributed by atoms with Crippen molar-refractivity contribution in [2.45, 2.75) is 64.3 Å². The molecule has 1 aromatic heterocycles. The van der Waals surface area contributed by atoms with Crippen molar-refractivity contribution >= 4 is 11.9 Å². The highest BCUT2D eigenvalue weighted by Gasteiger charge is 2.44. The number of pyridine rings is 1. The molecule has 3 rings (SSSR count). The average Bonchev–Trinajstić information content (AvgIpc) is 2.61. The van der Waals surface area contributed by atoms with Gasteiger partial charge in [0.1, 0.15) is 11.4 Å². The van der Waals surface area contributed by atoms with Crippen LogP contribution in [-0.4, -0.2) is 59.5 Å². The highest BCUT2D eigenvalue weighted by atomic mass is 16.6. The van der Waals surface area contributed by atoms with Crippen LogP contribution in [-0.2, 0) is 9.47 Å². The predicted octanol–water partition coefficient (Wildman–Crippen LogP) is 3.47. The molecule has 0 aromatic carbocycles. The number of anilines is 1. The molecule has 3 heterocycles. The number of hydrogen-bond donors (Lipinski definition) is 0. The predicted molar refractivity (Wildman–Crippen MR) is 101 cm³/mol. The average molecular weight is 361 g/mol. The van der Waals surface area contributed by atoms with Crippen LogP contribution in [0.3, 0.4) is 0 Å². The SMILES string of the molecule is CC[C@@H]1CN(c2ccccn2)CC2(CCN(C(=O)OC(C)(C)C)CC2)O1. The van der Waals surface area contributed by atoms with E-state index in [9.17, 15) is 4.79 Å². The zero-order chi connectivity index (χ0) is 18.8. The zero-order valence-corrected chi connectivity index (χ0v) is 16.4. The molecule has 0 bridgehead atoms. The second-order valence-corrected chi connectivity index (χ2v) is 8.37. The highest BCUT2D eigenvalue weighted by Crippen LogP contribution is 2.35. The molecule has 6 nitrogen and oxygen atoms in total. The summed E-state index contributed by atoms with van der Waals surface area (Å²) in [6.45, 7) is 10.9. The van der Waals surface area contributed by atoms with Crippen LogP contribution in [0.2, 0.25) is 0 Å². The maximum absolute atomic E-state index is 12.3. The first kappa shape index (κ1) is 19.0. The van der Waals surface area contributed by atoms with Gasteiger partial charge in [0.25, 0.3) is 0 Å². The molecule has 1 amide bonds. The first-order valence-electron chi connectivity index (χ1n) is 9.62. The summed E-state index contributed by atoms with van der Waals surface area (Å²) in [6, 6.07) is 6.02. The number of hydrogen-bond acceptors (Lipinski definition) is 5. The summed E-state index contributed by atoms with van der Waals surface area (Å²) in [4.78, 5) is 21.0. The molecule has 1 spiro atoms. The molecule has 2 aliphatic heterocycles. The zero-order valence-electron chi connectivity index (χ0n) is 16.4. The first-order chi connectivity index (χ1) is 12.3. The summed E-state index contributed by atoms with van der Waals surface area (Å²) in [6.07, 6.45) is 4.43. The number of aromatic nitrogens is 1. The number of piperidine rings is 1. The van der Waals surface area contributed by atoms with E-state index in [-0.39, 0.29) is 17.8 Å². The Balaban J connectivity index is 1.67. The number of morpholine rings is 1. The van der Waals surface area contributed by atoms with Crippen molar-refractivity contribution in [3.8, 4) is 0 Å². The Bertz CT molecular complexity index is 606. The molecule has 2 saturated heterocycles. The molecule has 0 saturated carbocycles. The van der Waals surface area contributed by atoms with Crippen LogP contribution in [0.25, 0.3) is 0 Å². The second-order valence-electron chi connectivity index (χ2n) is 8.37. The van der Waals surface area contributed by atoms with Crippen molar-refractivity contribution in [2.75, 3.05) is 31.1 Å².